The molecule has 0 aliphatic carbocycles. The summed E-state index contributed by atoms with van der Waals surface area (Å²) in [6.45, 7) is 3.73. The van der Waals surface area contributed by atoms with Gasteiger partial charge in [0.25, 0.3) is 5.91 Å². The van der Waals surface area contributed by atoms with Gasteiger partial charge in [-0.05, 0) is 50.8 Å². The van der Waals surface area contributed by atoms with Crippen LogP contribution in [-0.4, -0.2) is 67.4 Å². The van der Waals surface area contributed by atoms with Crippen LogP contribution in [0.3, 0.4) is 0 Å². The van der Waals surface area contributed by atoms with Crippen LogP contribution in [0.5, 0.6) is 0 Å². The Hall–Kier alpha value is -2.46. The molecule has 1 aromatic carbocycles. The number of benzene rings is 1. The summed E-state index contributed by atoms with van der Waals surface area (Å²) in [4.78, 5) is 26.6. The van der Waals surface area contributed by atoms with Gasteiger partial charge in [0.15, 0.2) is 11.3 Å². The number of esters is 1. The number of rotatable bonds is 5. The normalized spacial score (nSPS) is 20.6. The van der Waals surface area contributed by atoms with Gasteiger partial charge in [-0.25, -0.2) is 8.42 Å². The Balaban J connectivity index is 1.62. The molecule has 0 radical (unpaired) electrons. The van der Waals surface area contributed by atoms with Crippen LogP contribution in [0.2, 0.25) is 0 Å². The highest BCUT2D eigenvalue weighted by Crippen LogP contribution is 2.29. The van der Waals surface area contributed by atoms with Gasteiger partial charge in [0, 0.05) is 26.2 Å². The third-order valence-electron chi connectivity index (χ3n) is 5.68. The molecule has 1 amide bonds. The second kappa shape index (κ2) is 8.35. The van der Waals surface area contributed by atoms with Gasteiger partial charge in [0.1, 0.15) is 0 Å². The van der Waals surface area contributed by atoms with Crippen LogP contribution in [-0.2, 0) is 19.6 Å². The summed E-state index contributed by atoms with van der Waals surface area (Å²) in [6.07, 6.45) is 3.07. The van der Waals surface area contributed by atoms with Crippen LogP contribution in [0.25, 0.3) is 11.0 Å². The van der Waals surface area contributed by atoms with E-state index in [1.165, 1.54) is 22.5 Å². The molecule has 0 unspecified atom stereocenters. The number of sulfonamides is 1. The van der Waals surface area contributed by atoms with Crippen molar-refractivity contribution in [3.8, 4) is 0 Å². The van der Waals surface area contributed by atoms with Crippen LogP contribution in [0.4, 0.5) is 0 Å². The molecule has 0 bridgehead atoms. The lowest BCUT2D eigenvalue weighted by Crippen LogP contribution is -2.42. The Morgan fingerprint density at radius 3 is 2.70 bits per heavy atom. The van der Waals surface area contributed by atoms with Crippen LogP contribution in [0.1, 0.15) is 43.1 Å². The molecule has 2 aromatic rings. The average Bonchev–Trinajstić information content (AvgIpc) is 3.43. The zero-order valence-electron chi connectivity index (χ0n) is 16.9. The van der Waals surface area contributed by atoms with Gasteiger partial charge in [-0.15, -0.1) is 0 Å². The fraction of sp³-hybridized carbons (Fsp3) is 0.550. The minimum absolute atomic E-state index is 0.0539. The van der Waals surface area contributed by atoms with E-state index in [-0.39, 0.29) is 35.6 Å². The van der Waals surface area contributed by atoms with Gasteiger partial charge in [0.2, 0.25) is 10.0 Å². The number of hydrogen-bond donors (Lipinski definition) is 0. The number of hydrogen-bond acceptors (Lipinski definition) is 7. The predicted molar refractivity (Wildman–Crippen MR) is 107 cm³/mol. The van der Waals surface area contributed by atoms with Gasteiger partial charge >= 0.3 is 5.97 Å². The number of likely N-dealkylation sites (tertiary alicyclic amines) is 1. The molecule has 1 aromatic heterocycles. The topological polar surface area (TPSA) is 110 Å². The number of ether oxygens (including phenoxy) is 1. The lowest BCUT2D eigenvalue weighted by Gasteiger charge is -2.30. The number of nitrogens with zero attached hydrogens (tertiary/aromatic N) is 3. The maximum absolute atomic E-state index is 13.2. The van der Waals surface area contributed by atoms with Gasteiger partial charge in [0.05, 0.1) is 22.8 Å². The van der Waals surface area contributed by atoms with Gasteiger partial charge in [-0.2, -0.15) is 4.31 Å². The second-order valence-corrected chi connectivity index (χ2v) is 9.58. The molecule has 1 atom stereocenters. The average molecular weight is 436 g/mol. The molecule has 3 heterocycles. The monoisotopic (exact) mass is 435 g/mol. The molecule has 10 heteroatoms. The third kappa shape index (κ3) is 3.81. The van der Waals surface area contributed by atoms with Crippen LogP contribution >= 0.6 is 0 Å². The molecule has 0 N–H and O–H groups in total. The van der Waals surface area contributed by atoms with E-state index in [0.717, 1.165) is 12.8 Å². The molecule has 162 valence electrons. The van der Waals surface area contributed by atoms with Crippen LogP contribution in [0, 0.1) is 5.92 Å². The number of piperidine rings is 1. The van der Waals surface area contributed by atoms with E-state index in [9.17, 15) is 18.0 Å². The van der Waals surface area contributed by atoms with Crippen molar-refractivity contribution in [1.82, 2.24) is 14.4 Å². The Morgan fingerprint density at radius 2 is 1.97 bits per heavy atom. The fourth-order valence-corrected chi connectivity index (χ4v) is 5.62. The molecule has 9 nitrogen and oxygen atoms in total. The van der Waals surface area contributed by atoms with Crippen molar-refractivity contribution in [2.24, 2.45) is 5.92 Å². The lowest BCUT2D eigenvalue weighted by molar-refractivity contribution is -0.149. The minimum Gasteiger partial charge on any atom is -0.466 e. The standard InChI is InChI=1S/C20H25N3O6S/c1-2-28-20(25)14-6-5-11-23(13-14)30(26,27)15-7-8-17-16(12-15)18(21-29-17)19(24)22-9-3-4-10-22/h7-8,12,14H,2-6,9-11,13H2,1H3/t14-/m1/s1. The van der Waals surface area contributed by atoms with Gasteiger partial charge < -0.3 is 14.2 Å². The van der Waals surface area contributed by atoms with Gasteiger partial charge in [-0.3, -0.25) is 9.59 Å². The quantitative estimate of drug-likeness (QED) is 0.661. The Labute approximate surface area is 175 Å². The molecule has 2 saturated heterocycles. The third-order valence-corrected chi connectivity index (χ3v) is 7.54. The first-order chi connectivity index (χ1) is 14.4. The molecule has 4 rings (SSSR count). The highest BCUT2D eigenvalue weighted by Gasteiger charge is 2.34. The van der Waals surface area contributed by atoms with Crippen molar-refractivity contribution in [3.05, 3.63) is 23.9 Å². The number of carbonyl (C=O) groups is 2. The van der Waals surface area contributed by atoms with Crippen LogP contribution in [0.15, 0.2) is 27.6 Å². The van der Waals surface area contributed by atoms with E-state index in [4.69, 9.17) is 9.26 Å². The number of carbonyl (C=O) groups excluding carboxylic acids is 2. The molecular weight excluding hydrogens is 410 g/mol. The Bertz CT molecular complexity index is 1060. The minimum atomic E-state index is -3.84. The SMILES string of the molecule is CCOC(=O)[C@@H]1CCCN(S(=O)(=O)c2ccc3onc(C(=O)N4CCCC4)c3c2)C1. The van der Waals surface area contributed by atoms with Crippen molar-refractivity contribution in [2.75, 3.05) is 32.8 Å². The smallest absolute Gasteiger partial charge is 0.310 e. The number of amides is 1. The zero-order valence-corrected chi connectivity index (χ0v) is 17.7. The molecule has 2 fully saturated rings. The number of fused-ring (bicyclic) bond motifs is 1. The van der Waals surface area contributed by atoms with Crippen molar-refractivity contribution < 1.29 is 27.3 Å². The first kappa shape index (κ1) is 20.8. The summed E-state index contributed by atoms with van der Waals surface area (Å²) in [7, 11) is -3.84. The summed E-state index contributed by atoms with van der Waals surface area (Å²) >= 11 is 0. The van der Waals surface area contributed by atoms with Crippen LogP contribution < -0.4 is 0 Å². The predicted octanol–water partition coefficient (Wildman–Crippen LogP) is 2.03. The zero-order chi connectivity index (χ0) is 21.3. The van der Waals surface area contributed by atoms with E-state index >= 15 is 0 Å². The second-order valence-electron chi connectivity index (χ2n) is 7.64. The molecule has 2 aliphatic heterocycles. The van der Waals surface area contributed by atoms with Crippen molar-refractivity contribution in [2.45, 2.75) is 37.5 Å². The summed E-state index contributed by atoms with van der Waals surface area (Å²) in [5.74, 6) is -1.09. The first-order valence-electron chi connectivity index (χ1n) is 10.3. The summed E-state index contributed by atoms with van der Waals surface area (Å²) < 4.78 is 38.1. The van der Waals surface area contributed by atoms with E-state index in [0.29, 0.717) is 43.4 Å². The summed E-state index contributed by atoms with van der Waals surface area (Å²) in [5, 5.41) is 4.28. The van der Waals surface area contributed by atoms with E-state index in [2.05, 4.69) is 5.16 Å². The van der Waals surface area contributed by atoms with Crippen molar-refractivity contribution in [3.63, 3.8) is 0 Å². The van der Waals surface area contributed by atoms with E-state index < -0.39 is 15.9 Å². The maximum atomic E-state index is 13.2. The van der Waals surface area contributed by atoms with Crippen molar-refractivity contribution in [1.29, 1.82) is 0 Å². The largest absolute Gasteiger partial charge is 0.466 e. The van der Waals surface area contributed by atoms with E-state index in [1.807, 2.05) is 0 Å². The summed E-state index contributed by atoms with van der Waals surface area (Å²) in [6, 6.07) is 4.40. The van der Waals surface area contributed by atoms with Gasteiger partial charge in [-0.1, -0.05) is 5.16 Å². The molecule has 0 spiro atoms. The molecule has 2 aliphatic rings. The Kier molecular flexibility index (Phi) is 5.79. The molecule has 30 heavy (non-hydrogen) atoms. The maximum Gasteiger partial charge on any atom is 0.310 e. The highest BCUT2D eigenvalue weighted by molar-refractivity contribution is 7.89. The number of aromatic nitrogens is 1. The first-order valence-corrected chi connectivity index (χ1v) is 11.7. The Morgan fingerprint density at radius 1 is 1.20 bits per heavy atom. The highest BCUT2D eigenvalue weighted by atomic mass is 32.2. The lowest BCUT2D eigenvalue weighted by atomic mass is 10.0. The van der Waals surface area contributed by atoms with Crippen molar-refractivity contribution >= 4 is 32.9 Å². The molecular formula is C20H25N3O6S. The summed E-state index contributed by atoms with van der Waals surface area (Å²) in [5.41, 5.74) is 0.492. The van der Waals surface area contributed by atoms with E-state index in [1.54, 1.807) is 11.8 Å². The molecule has 0 saturated carbocycles. The fourth-order valence-electron chi connectivity index (χ4n) is 4.06.